The number of carbonyl (C=O) groups excluding carboxylic acids is 1. The maximum absolute atomic E-state index is 13.4. The summed E-state index contributed by atoms with van der Waals surface area (Å²) in [6, 6.07) is 20.7. The number of hydrogen-bond donors (Lipinski definition) is 0. The number of para-hydroxylation sites is 1. The summed E-state index contributed by atoms with van der Waals surface area (Å²) in [5, 5.41) is 0.459. The zero-order chi connectivity index (χ0) is 24.6. The lowest BCUT2D eigenvalue weighted by Gasteiger charge is -2.18. The van der Waals surface area contributed by atoms with Crippen molar-refractivity contribution in [1.29, 1.82) is 0 Å². The summed E-state index contributed by atoms with van der Waals surface area (Å²) in [5.74, 6) is 0.0629. The predicted molar refractivity (Wildman–Crippen MR) is 132 cm³/mol. The van der Waals surface area contributed by atoms with E-state index in [2.05, 4.69) is 4.98 Å². The van der Waals surface area contributed by atoms with E-state index in [1.54, 1.807) is 21.7 Å². The molecule has 0 fully saturated rings. The SMILES string of the molecule is Cc1ccc(-c2cnc(SCC(=O)N3CCc4ccccc43)n2-c2cccc(C(F)(F)F)c2)cc1. The van der Waals surface area contributed by atoms with E-state index in [4.69, 9.17) is 0 Å². The molecule has 8 heteroatoms. The summed E-state index contributed by atoms with van der Waals surface area (Å²) >= 11 is 1.22. The first kappa shape index (κ1) is 23.2. The van der Waals surface area contributed by atoms with Gasteiger partial charge in [-0.05, 0) is 43.2 Å². The minimum Gasteiger partial charge on any atom is -0.311 e. The van der Waals surface area contributed by atoms with Crippen molar-refractivity contribution in [2.75, 3.05) is 17.2 Å². The number of alkyl halides is 3. The van der Waals surface area contributed by atoms with E-state index in [0.29, 0.717) is 23.1 Å². The summed E-state index contributed by atoms with van der Waals surface area (Å²) in [6.45, 7) is 2.59. The first-order chi connectivity index (χ1) is 16.8. The molecule has 178 valence electrons. The van der Waals surface area contributed by atoms with Crippen LogP contribution < -0.4 is 4.90 Å². The Kier molecular flexibility index (Phi) is 6.15. The first-order valence-corrected chi connectivity index (χ1v) is 12.1. The molecule has 0 atom stereocenters. The van der Waals surface area contributed by atoms with E-state index in [0.717, 1.165) is 40.9 Å². The zero-order valence-corrected chi connectivity index (χ0v) is 19.7. The number of anilines is 1. The second-order valence-corrected chi connectivity index (χ2v) is 9.33. The van der Waals surface area contributed by atoms with E-state index >= 15 is 0 Å². The van der Waals surface area contributed by atoms with Crippen LogP contribution in [0, 0.1) is 6.92 Å². The van der Waals surface area contributed by atoms with Crippen molar-refractivity contribution in [3.05, 3.63) is 95.7 Å². The lowest BCUT2D eigenvalue weighted by molar-refractivity contribution is -0.137. The molecule has 0 bridgehead atoms. The van der Waals surface area contributed by atoms with Crippen LogP contribution in [0.5, 0.6) is 0 Å². The Morgan fingerprint density at radius 1 is 1.03 bits per heavy atom. The van der Waals surface area contributed by atoms with Crippen LogP contribution in [0.15, 0.2) is 84.1 Å². The highest BCUT2D eigenvalue weighted by molar-refractivity contribution is 7.99. The number of hydrogen-bond acceptors (Lipinski definition) is 3. The minimum absolute atomic E-state index is 0.0598. The van der Waals surface area contributed by atoms with Gasteiger partial charge in [0, 0.05) is 23.5 Å². The summed E-state index contributed by atoms with van der Waals surface area (Å²) < 4.78 is 42.0. The maximum Gasteiger partial charge on any atom is 0.416 e. The quantitative estimate of drug-likeness (QED) is 0.296. The molecule has 0 spiro atoms. The number of thioether (sulfide) groups is 1. The highest BCUT2D eigenvalue weighted by Crippen LogP contribution is 2.35. The van der Waals surface area contributed by atoms with Crippen LogP contribution in [-0.4, -0.2) is 27.8 Å². The molecule has 4 aromatic rings. The number of carbonyl (C=O) groups is 1. The van der Waals surface area contributed by atoms with Gasteiger partial charge in [0.25, 0.3) is 0 Å². The van der Waals surface area contributed by atoms with Gasteiger partial charge in [-0.25, -0.2) is 4.98 Å². The van der Waals surface area contributed by atoms with Crippen LogP contribution >= 0.6 is 11.8 Å². The van der Waals surface area contributed by atoms with E-state index in [9.17, 15) is 18.0 Å². The molecule has 3 aromatic carbocycles. The van der Waals surface area contributed by atoms with Crippen LogP contribution in [0.2, 0.25) is 0 Å². The lowest BCUT2D eigenvalue weighted by Crippen LogP contribution is -2.30. The Bertz CT molecular complexity index is 1380. The molecular weight excluding hydrogens is 471 g/mol. The largest absolute Gasteiger partial charge is 0.416 e. The molecule has 35 heavy (non-hydrogen) atoms. The number of imidazole rings is 1. The van der Waals surface area contributed by atoms with Crippen molar-refractivity contribution in [3.63, 3.8) is 0 Å². The molecule has 5 rings (SSSR count). The molecule has 1 aliphatic rings. The second-order valence-electron chi connectivity index (χ2n) is 8.39. The maximum atomic E-state index is 13.4. The normalized spacial score (nSPS) is 13.2. The molecule has 0 aliphatic carbocycles. The fourth-order valence-corrected chi connectivity index (χ4v) is 5.11. The Balaban J connectivity index is 1.48. The van der Waals surface area contributed by atoms with Crippen LogP contribution in [0.1, 0.15) is 16.7 Å². The van der Waals surface area contributed by atoms with Crippen molar-refractivity contribution in [2.45, 2.75) is 24.7 Å². The third-order valence-corrected chi connectivity index (χ3v) is 6.96. The van der Waals surface area contributed by atoms with Gasteiger partial charge < -0.3 is 4.90 Å². The van der Waals surface area contributed by atoms with Crippen LogP contribution in [-0.2, 0) is 17.4 Å². The molecule has 2 heterocycles. The van der Waals surface area contributed by atoms with Gasteiger partial charge in [0.05, 0.1) is 23.2 Å². The molecule has 1 amide bonds. The molecule has 1 aliphatic heterocycles. The van der Waals surface area contributed by atoms with Gasteiger partial charge in [-0.1, -0.05) is 65.9 Å². The third kappa shape index (κ3) is 4.71. The number of nitrogens with zero attached hydrogens (tertiary/aromatic N) is 3. The Morgan fingerprint density at radius 2 is 1.80 bits per heavy atom. The monoisotopic (exact) mass is 493 g/mol. The number of fused-ring (bicyclic) bond motifs is 1. The van der Waals surface area contributed by atoms with Crippen molar-refractivity contribution < 1.29 is 18.0 Å². The number of aryl methyl sites for hydroxylation is 1. The van der Waals surface area contributed by atoms with Gasteiger partial charge in [-0.3, -0.25) is 9.36 Å². The van der Waals surface area contributed by atoms with E-state index in [1.807, 2.05) is 55.5 Å². The highest BCUT2D eigenvalue weighted by Gasteiger charge is 2.31. The smallest absolute Gasteiger partial charge is 0.311 e. The average Bonchev–Trinajstić information content (AvgIpc) is 3.47. The Morgan fingerprint density at radius 3 is 2.57 bits per heavy atom. The number of amides is 1. The fraction of sp³-hybridized carbons (Fsp3) is 0.185. The van der Waals surface area contributed by atoms with Gasteiger partial charge >= 0.3 is 6.18 Å². The highest BCUT2D eigenvalue weighted by atomic mass is 32.2. The van der Waals surface area contributed by atoms with Gasteiger partial charge in [-0.15, -0.1) is 0 Å². The molecule has 0 radical (unpaired) electrons. The molecular formula is C27H22F3N3OS. The summed E-state index contributed by atoms with van der Waals surface area (Å²) in [4.78, 5) is 19.3. The van der Waals surface area contributed by atoms with Gasteiger partial charge in [0.1, 0.15) is 0 Å². The number of benzene rings is 3. The summed E-state index contributed by atoms with van der Waals surface area (Å²) in [6.07, 6.45) is -2.01. The van der Waals surface area contributed by atoms with E-state index < -0.39 is 11.7 Å². The van der Waals surface area contributed by atoms with E-state index in [-0.39, 0.29) is 11.7 Å². The molecule has 0 unspecified atom stereocenters. The van der Waals surface area contributed by atoms with Crippen molar-refractivity contribution in [1.82, 2.24) is 9.55 Å². The molecule has 0 saturated heterocycles. The number of halogens is 3. The molecule has 4 nitrogen and oxygen atoms in total. The van der Waals surface area contributed by atoms with Crippen LogP contribution in [0.25, 0.3) is 16.9 Å². The standard InChI is InChI=1S/C27H22F3N3OS/c1-18-9-11-20(12-10-18)24-16-31-26(33(24)22-7-4-6-21(15-22)27(28,29)30)35-17-25(34)32-14-13-19-5-2-3-8-23(19)32/h2-12,15-16H,13-14,17H2,1H3. The Labute approximate surface area is 205 Å². The summed E-state index contributed by atoms with van der Waals surface area (Å²) in [7, 11) is 0. The van der Waals surface area contributed by atoms with Gasteiger partial charge in [0.2, 0.25) is 5.91 Å². The van der Waals surface area contributed by atoms with E-state index in [1.165, 1.54) is 17.8 Å². The molecule has 1 aromatic heterocycles. The topological polar surface area (TPSA) is 38.1 Å². The predicted octanol–water partition coefficient (Wildman–Crippen LogP) is 6.55. The van der Waals surface area contributed by atoms with Crippen LogP contribution in [0.4, 0.5) is 18.9 Å². The van der Waals surface area contributed by atoms with Gasteiger partial charge in [0.15, 0.2) is 5.16 Å². The molecule has 0 saturated carbocycles. The fourth-order valence-electron chi connectivity index (χ4n) is 4.24. The summed E-state index contributed by atoms with van der Waals surface area (Å²) in [5.41, 5.74) is 4.22. The van der Waals surface area contributed by atoms with Crippen LogP contribution in [0.3, 0.4) is 0 Å². The van der Waals surface area contributed by atoms with Crippen molar-refractivity contribution >= 4 is 23.4 Å². The molecule has 0 N–H and O–H groups in total. The number of aromatic nitrogens is 2. The minimum atomic E-state index is -4.47. The Hall–Kier alpha value is -3.52. The average molecular weight is 494 g/mol. The third-order valence-electron chi connectivity index (χ3n) is 6.02. The van der Waals surface area contributed by atoms with Gasteiger partial charge in [-0.2, -0.15) is 13.2 Å². The second kappa shape index (κ2) is 9.26. The first-order valence-electron chi connectivity index (χ1n) is 11.1. The number of rotatable bonds is 5. The van der Waals surface area contributed by atoms with Crippen molar-refractivity contribution in [3.8, 4) is 16.9 Å². The van der Waals surface area contributed by atoms with Crippen molar-refractivity contribution in [2.24, 2.45) is 0 Å². The zero-order valence-electron chi connectivity index (χ0n) is 18.9. The lowest BCUT2D eigenvalue weighted by atomic mass is 10.1.